The molecule has 0 saturated carbocycles. The van der Waals surface area contributed by atoms with E-state index in [1.54, 1.807) is 0 Å². The summed E-state index contributed by atoms with van der Waals surface area (Å²) in [7, 11) is 0. The molecular weight excluding hydrogens is 198 g/mol. The second-order valence-electron chi connectivity index (χ2n) is 3.80. The van der Waals surface area contributed by atoms with Crippen molar-refractivity contribution >= 4 is 5.91 Å². The van der Waals surface area contributed by atoms with Gasteiger partial charge in [0.2, 0.25) is 5.91 Å². The van der Waals surface area contributed by atoms with Gasteiger partial charge in [-0.3, -0.25) is 4.79 Å². The third-order valence-electron chi connectivity index (χ3n) is 2.66. The molecule has 1 aliphatic rings. The topological polar surface area (TPSA) is 20.3 Å². The minimum Gasteiger partial charge on any atom is -0.343 e. The van der Waals surface area contributed by atoms with Gasteiger partial charge in [-0.05, 0) is 26.2 Å². The molecule has 0 aromatic rings. The number of amides is 1. The Morgan fingerprint density at radius 3 is 2.31 bits per heavy atom. The summed E-state index contributed by atoms with van der Waals surface area (Å²) in [5.74, 6) is 6.98. The van der Waals surface area contributed by atoms with Crippen LogP contribution in [0.4, 0.5) is 0 Å². The second-order valence-corrected chi connectivity index (χ2v) is 3.80. The molecule has 2 nitrogen and oxygen atoms in total. The number of piperidine rings is 1. The quantitative estimate of drug-likeness (QED) is 0.659. The van der Waals surface area contributed by atoms with Crippen LogP contribution in [0.1, 0.15) is 53.4 Å². The van der Waals surface area contributed by atoms with E-state index in [0.29, 0.717) is 18.2 Å². The third-order valence-corrected chi connectivity index (χ3v) is 2.66. The van der Waals surface area contributed by atoms with E-state index < -0.39 is 0 Å². The fourth-order valence-electron chi connectivity index (χ4n) is 1.85. The van der Waals surface area contributed by atoms with Gasteiger partial charge in [0.05, 0.1) is 0 Å². The summed E-state index contributed by atoms with van der Waals surface area (Å²) in [5, 5.41) is 0. The number of hydrogen-bond acceptors (Lipinski definition) is 1. The molecule has 0 spiro atoms. The lowest BCUT2D eigenvalue weighted by Gasteiger charge is -2.29. The van der Waals surface area contributed by atoms with Crippen LogP contribution in [0.2, 0.25) is 0 Å². The number of nitrogens with zero attached hydrogens (tertiary/aromatic N) is 1. The lowest BCUT2D eigenvalue weighted by Crippen LogP contribution is -2.38. The molecule has 92 valence electrons. The summed E-state index contributed by atoms with van der Waals surface area (Å²) in [5.41, 5.74) is 0. The summed E-state index contributed by atoms with van der Waals surface area (Å²) in [6.45, 7) is 9.73. The van der Waals surface area contributed by atoms with Gasteiger partial charge in [-0.25, -0.2) is 0 Å². The number of likely N-dealkylation sites (tertiary alicyclic amines) is 1. The van der Waals surface area contributed by atoms with Gasteiger partial charge in [-0.1, -0.05) is 20.8 Å². The van der Waals surface area contributed by atoms with Crippen LogP contribution in [0.5, 0.6) is 0 Å². The predicted octanol–water partition coefficient (Wildman–Crippen LogP) is 3.07. The number of hydrogen-bond donors (Lipinski definition) is 0. The van der Waals surface area contributed by atoms with E-state index in [1.807, 2.05) is 32.6 Å². The molecule has 0 aromatic carbocycles. The Kier molecular flexibility index (Phi) is 8.71. The van der Waals surface area contributed by atoms with Gasteiger partial charge in [0.1, 0.15) is 0 Å². The molecule has 0 atom stereocenters. The summed E-state index contributed by atoms with van der Waals surface area (Å²) < 4.78 is 0. The maximum atomic E-state index is 11.6. The van der Waals surface area contributed by atoms with Crippen LogP contribution in [0.25, 0.3) is 0 Å². The van der Waals surface area contributed by atoms with E-state index in [1.165, 1.54) is 0 Å². The third kappa shape index (κ3) is 5.21. The zero-order valence-corrected chi connectivity index (χ0v) is 11.2. The van der Waals surface area contributed by atoms with Crippen LogP contribution in [-0.2, 0) is 4.79 Å². The van der Waals surface area contributed by atoms with Crippen LogP contribution in [-0.4, -0.2) is 23.9 Å². The van der Waals surface area contributed by atoms with E-state index >= 15 is 0 Å². The van der Waals surface area contributed by atoms with E-state index in [-0.39, 0.29) is 0 Å². The first-order valence-corrected chi connectivity index (χ1v) is 6.48. The fourth-order valence-corrected chi connectivity index (χ4v) is 1.85. The van der Waals surface area contributed by atoms with E-state index in [0.717, 1.165) is 32.4 Å². The molecule has 0 unspecified atom stereocenters. The molecule has 1 rings (SSSR count). The maximum absolute atomic E-state index is 11.6. The largest absolute Gasteiger partial charge is 0.343 e. The van der Waals surface area contributed by atoms with Gasteiger partial charge < -0.3 is 4.90 Å². The summed E-state index contributed by atoms with van der Waals surface area (Å²) >= 11 is 0. The summed E-state index contributed by atoms with van der Waals surface area (Å²) in [6, 6.07) is 0. The van der Waals surface area contributed by atoms with Crippen LogP contribution < -0.4 is 0 Å². The Bertz CT molecular complexity index is 241. The molecule has 1 saturated heterocycles. The summed E-state index contributed by atoms with van der Waals surface area (Å²) in [6.07, 6.45) is 3.75. The van der Waals surface area contributed by atoms with Crippen LogP contribution in [0.15, 0.2) is 0 Å². The number of carbonyl (C=O) groups excluding carboxylic acids is 1. The van der Waals surface area contributed by atoms with Crippen molar-refractivity contribution < 1.29 is 4.79 Å². The molecule has 0 aliphatic carbocycles. The first kappa shape index (κ1) is 15.0. The Morgan fingerprint density at radius 1 is 1.31 bits per heavy atom. The van der Waals surface area contributed by atoms with Gasteiger partial charge in [-0.2, -0.15) is 0 Å². The first-order valence-electron chi connectivity index (χ1n) is 6.48. The van der Waals surface area contributed by atoms with Gasteiger partial charge in [0.15, 0.2) is 0 Å². The Labute approximate surface area is 100 Å². The van der Waals surface area contributed by atoms with Crippen molar-refractivity contribution in [2.24, 2.45) is 5.92 Å². The lowest BCUT2D eigenvalue weighted by atomic mass is 9.97. The highest BCUT2D eigenvalue weighted by Crippen LogP contribution is 2.17. The molecule has 1 heterocycles. The molecule has 1 fully saturated rings. The van der Waals surface area contributed by atoms with Crippen LogP contribution >= 0.6 is 0 Å². The van der Waals surface area contributed by atoms with Crippen molar-refractivity contribution in [1.82, 2.24) is 4.90 Å². The summed E-state index contributed by atoms with van der Waals surface area (Å²) in [4.78, 5) is 13.5. The molecule has 1 amide bonds. The van der Waals surface area contributed by atoms with Crippen molar-refractivity contribution in [3.8, 4) is 11.8 Å². The Balaban J connectivity index is 0.00000106. The highest BCUT2D eigenvalue weighted by atomic mass is 16.2. The fraction of sp³-hybridized carbons (Fsp3) is 0.786. The molecular formula is C14H25NO. The second kappa shape index (κ2) is 9.27. The average molecular weight is 223 g/mol. The van der Waals surface area contributed by atoms with E-state index in [4.69, 9.17) is 0 Å². The van der Waals surface area contributed by atoms with Gasteiger partial charge in [0, 0.05) is 25.4 Å². The SMILES string of the molecule is CC.CC#CC1CCN(C(=O)CCC)CC1. The normalized spacial score (nSPS) is 15.6. The van der Waals surface area contributed by atoms with Gasteiger partial charge in [-0.15, -0.1) is 11.8 Å². The van der Waals surface area contributed by atoms with E-state index in [9.17, 15) is 4.79 Å². The molecule has 0 radical (unpaired) electrons. The Hall–Kier alpha value is -0.970. The highest BCUT2D eigenvalue weighted by Gasteiger charge is 2.20. The molecule has 1 aliphatic heterocycles. The minimum atomic E-state index is 0.315. The predicted molar refractivity (Wildman–Crippen MR) is 69.0 cm³/mol. The van der Waals surface area contributed by atoms with Gasteiger partial charge >= 0.3 is 0 Å². The van der Waals surface area contributed by atoms with Crippen molar-refractivity contribution in [3.05, 3.63) is 0 Å². The van der Waals surface area contributed by atoms with E-state index in [2.05, 4.69) is 11.8 Å². The Morgan fingerprint density at radius 2 is 1.88 bits per heavy atom. The first-order chi connectivity index (χ1) is 7.77. The highest BCUT2D eigenvalue weighted by molar-refractivity contribution is 5.76. The standard InChI is InChI=1S/C12H19NO.C2H6/c1-3-5-11-7-9-13(10-8-11)12(14)6-4-2;1-2/h11H,4,6-10H2,1-2H3;1-2H3. The van der Waals surface area contributed by atoms with Crippen LogP contribution in [0.3, 0.4) is 0 Å². The molecule has 0 bridgehead atoms. The molecule has 0 N–H and O–H groups in total. The lowest BCUT2D eigenvalue weighted by molar-refractivity contribution is -0.132. The van der Waals surface area contributed by atoms with Crippen molar-refractivity contribution in [2.75, 3.05) is 13.1 Å². The van der Waals surface area contributed by atoms with Gasteiger partial charge in [0.25, 0.3) is 0 Å². The molecule has 0 aromatic heterocycles. The average Bonchev–Trinajstić information content (AvgIpc) is 2.33. The number of carbonyl (C=O) groups is 1. The molecule has 16 heavy (non-hydrogen) atoms. The monoisotopic (exact) mass is 223 g/mol. The zero-order valence-electron chi connectivity index (χ0n) is 11.2. The van der Waals surface area contributed by atoms with Crippen LogP contribution in [0, 0.1) is 17.8 Å². The molecule has 2 heteroatoms. The van der Waals surface area contributed by atoms with Crippen molar-refractivity contribution in [2.45, 2.75) is 53.4 Å². The number of rotatable bonds is 2. The zero-order chi connectivity index (χ0) is 12.4. The smallest absolute Gasteiger partial charge is 0.222 e. The maximum Gasteiger partial charge on any atom is 0.222 e. The van der Waals surface area contributed by atoms with Crippen molar-refractivity contribution in [3.63, 3.8) is 0 Å². The van der Waals surface area contributed by atoms with Crippen molar-refractivity contribution in [1.29, 1.82) is 0 Å². The minimum absolute atomic E-state index is 0.315.